The molecule has 0 aliphatic rings. The maximum atomic E-state index is 12.0. The Labute approximate surface area is 140 Å². The van der Waals surface area contributed by atoms with Gasteiger partial charge in [-0.1, -0.05) is 19.8 Å². The number of halogens is 1. The van der Waals surface area contributed by atoms with Gasteiger partial charge in [0.25, 0.3) is 10.5 Å². The average molecular weight is 364 g/mol. The lowest BCUT2D eigenvalue weighted by atomic mass is 10.0. The Morgan fingerprint density at radius 3 is 2.41 bits per heavy atom. The minimum absolute atomic E-state index is 0.0203. The van der Waals surface area contributed by atoms with Crippen LogP contribution in [0.5, 0.6) is 0 Å². The number of sulfone groups is 1. The highest BCUT2D eigenvalue weighted by molar-refractivity contribution is 7.90. The topological polar surface area (TPSA) is 68.3 Å². The first-order valence-corrected chi connectivity index (χ1v) is 10.1. The van der Waals surface area contributed by atoms with Gasteiger partial charge in [-0.3, -0.25) is 4.79 Å². The van der Waals surface area contributed by atoms with Crippen molar-refractivity contribution in [1.29, 1.82) is 0 Å². The van der Waals surface area contributed by atoms with Crippen molar-refractivity contribution in [1.82, 2.24) is 0 Å². The zero-order valence-electron chi connectivity index (χ0n) is 12.9. The van der Waals surface area contributed by atoms with E-state index < -0.39 is 20.3 Å². The smallest absolute Gasteiger partial charge is 0.276 e. The molecule has 1 rings (SSSR count). The number of carbonyl (C=O) groups is 1. The molecule has 0 saturated heterocycles. The van der Waals surface area contributed by atoms with E-state index in [2.05, 4.69) is 6.92 Å². The van der Waals surface area contributed by atoms with E-state index in [0.717, 1.165) is 25.5 Å². The summed E-state index contributed by atoms with van der Waals surface area (Å²) in [6.45, 7) is 3.75. The van der Waals surface area contributed by atoms with Crippen molar-refractivity contribution in [2.45, 2.75) is 49.7 Å². The SMILES string of the molecule is CCCCCC([S+]=O)c1cc(C)c(C(=O)Cl)cc1S(C)(=O)=O. The molecule has 0 heterocycles. The van der Waals surface area contributed by atoms with Gasteiger partial charge in [0, 0.05) is 28.0 Å². The Bertz CT molecular complexity index is 668. The second-order valence-corrected chi connectivity index (χ2v) is 8.42. The first-order valence-electron chi connectivity index (χ1n) is 7.05. The fraction of sp³-hybridized carbons (Fsp3) is 0.533. The maximum Gasteiger partial charge on any atom is 0.467 e. The highest BCUT2D eigenvalue weighted by atomic mass is 35.5. The number of carbonyl (C=O) groups excluding carboxylic acids is 1. The summed E-state index contributed by atoms with van der Waals surface area (Å²) in [4.78, 5) is 11.4. The minimum Gasteiger partial charge on any atom is -0.276 e. The molecular formula is C15H20ClO4S2+. The molecule has 1 aromatic carbocycles. The number of hydrogen-bond acceptors (Lipinski definition) is 4. The average Bonchev–Trinajstić information content (AvgIpc) is 2.41. The van der Waals surface area contributed by atoms with E-state index in [1.807, 2.05) is 0 Å². The molecule has 7 heteroatoms. The van der Waals surface area contributed by atoms with Crippen LogP contribution in [0.4, 0.5) is 0 Å². The summed E-state index contributed by atoms with van der Waals surface area (Å²) in [6, 6.07) is 2.89. The third-order valence-electron chi connectivity index (χ3n) is 3.50. The predicted octanol–water partition coefficient (Wildman–Crippen LogP) is 3.83. The van der Waals surface area contributed by atoms with Gasteiger partial charge in [0.05, 0.1) is 4.90 Å². The summed E-state index contributed by atoms with van der Waals surface area (Å²) in [5, 5.41) is -1.15. The van der Waals surface area contributed by atoms with Gasteiger partial charge in [-0.2, -0.15) is 0 Å². The third-order valence-corrected chi connectivity index (χ3v) is 5.58. The van der Waals surface area contributed by atoms with E-state index in [1.165, 1.54) is 6.07 Å². The van der Waals surface area contributed by atoms with E-state index >= 15 is 0 Å². The molecule has 22 heavy (non-hydrogen) atoms. The number of rotatable bonds is 8. The second-order valence-electron chi connectivity index (χ2n) is 5.33. The number of hydrogen-bond donors (Lipinski definition) is 0. The molecule has 1 aromatic rings. The summed E-state index contributed by atoms with van der Waals surface area (Å²) in [5.74, 6) is 0. The van der Waals surface area contributed by atoms with Crippen molar-refractivity contribution in [2.24, 2.45) is 0 Å². The van der Waals surface area contributed by atoms with Gasteiger partial charge in [-0.25, -0.2) is 8.42 Å². The minimum atomic E-state index is -3.56. The lowest BCUT2D eigenvalue weighted by molar-refractivity contribution is 0.108. The predicted molar refractivity (Wildman–Crippen MR) is 89.4 cm³/mol. The Morgan fingerprint density at radius 1 is 1.32 bits per heavy atom. The van der Waals surface area contributed by atoms with Gasteiger partial charge >= 0.3 is 11.7 Å². The van der Waals surface area contributed by atoms with Gasteiger partial charge in [-0.15, -0.1) is 0 Å². The molecule has 1 atom stereocenters. The van der Waals surface area contributed by atoms with Crippen LogP contribution < -0.4 is 0 Å². The molecule has 0 N–H and O–H groups in total. The molecule has 0 aliphatic carbocycles. The van der Waals surface area contributed by atoms with Gasteiger partial charge in [0.1, 0.15) is 0 Å². The van der Waals surface area contributed by atoms with Crippen LogP contribution in [0.1, 0.15) is 59.3 Å². The highest BCUT2D eigenvalue weighted by Crippen LogP contribution is 2.31. The molecule has 0 spiro atoms. The molecule has 0 aliphatic heterocycles. The quantitative estimate of drug-likeness (QED) is 0.400. The molecule has 0 saturated carbocycles. The molecule has 0 fully saturated rings. The fourth-order valence-electron chi connectivity index (χ4n) is 2.33. The van der Waals surface area contributed by atoms with Crippen LogP contribution >= 0.6 is 11.6 Å². The number of benzene rings is 1. The Balaban J connectivity index is 3.41. The van der Waals surface area contributed by atoms with E-state index in [9.17, 15) is 17.4 Å². The molecule has 0 radical (unpaired) electrons. The van der Waals surface area contributed by atoms with Crippen LogP contribution in [0, 0.1) is 6.92 Å². The third kappa shape index (κ3) is 4.83. The molecule has 0 aromatic heterocycles. The summed E-state index contributed by atoms with van der Waals surface area (Å²) in [7, 11) is -3.56. The van der Waals surface area contributed by atoms with E-state index in [4.69, 9.17) is 11.6 Å². The maximum absolute atomic E-state index is 12.0. The van der Waals surface area contributed by atoms with Crippen molar-refractivity contribution in [3.63, 3.8) is 0 Å². The van der Waals surface area contributed by atoms with Gasteiger partial charge in [0.15, 0.2) is 9.84 Å². The standard InChI is InChI=1S/C15H20ClO4S2/c1-4-5-6-7-13(21-18)12-8-10(2)11(15(16)17)9-14(12)22(3,19)20/h8-9,13H,4-7H2,1-3H3/q+1. The van der Waals surface area contributed by atoms with E-state index in [1.54, 1.807) is 13.0 Å². The van der Waals surface area contributed by atoms with Crippen LogP contribution in [-0.4, -0.2) is 19.9 Å². The summed E-state index contributed by atoms with van der Waals surface area (Å²) >= 11 is 5.89. The zero-order valence-corrected chi connectivity index (χ0v) is 15.3. The molecule has 4 nitrogen and oxygen atoms in total. The van der Waals surface area contributed by atoms with E-state index in [-0.39, 0.29) is 10.5 Å². The van der Waals surface area contributed by atoms with Crippen molar-refractivity contribution in [3.05, 3.63) is 28.8 Å². The largest absolute Gasteiger partial charge is 0.467 e. The summed E-state index contributed by atoms with van der Waals surface area (Å²) < 4.78 is 35.5. The summed E-state index contributed by atoms with van der Waals surface area (Å²) in [5.41, 5.74) is 1.21. The molecule has 122 valence electrons. The highest BCUT2D eigenvalue weighted by Gasteiger charge is 2.31. The van der Waals surface area contributed by atoms with Crippen molar-refractivity contribution < 1.29 is 17.4 Å². The molecular weight excluding hydrogens is 344 g/mol. The normalized spacial score (nSPS) is 12.9. The van der Waals surface area contributed by atoms with Crippen molar-refractivity contribution in [3.8, 4) is 0 Å². The van der Waals surface area contributed by atoms with Crippen LogP contribution in [0.2, 0.25) is 0 Å². The molecule has 1 unspecified atom stereocenters. The Hall–Kier alpha value is -0.850. The van der Waals surface area contributed by atoms with Crippen LogP contribution in [0.25, 0.3) is 0 Å². The molecule has 0 bridgehead atoms. The lowest BCUT2D eigenvalue weighted by Crippen LogP contribution is -2.10. The van der Waals surface area contributed by atoms with Gasteiger partial charge < -0.3 is 0 Å². The van der Waals surface area contributed by atoms with E-state index in [0.29, 0.717) is 29.2 Å². The van der Waals surface area contributed by atoms with Gasteiger partial charge in [0.2, 0.25) is 0 Å². The van der Waals surface area contributed by atoms with Crippen LogP contribution in [-0.2, 0) is 25.7 Å². The van der Waals surface area contributed by atoms with Crippen molar-refractivity contribution in [2.75, 3.05) is 6.26 Å². The lowest BCUT2D eigenvalue weighted by Gasteiger charge is -2.11. The molecule has 0 amide bonds. The van der Waals surface area contributed by atoms with Crippen LogP contribution in [0.3, 0.4) is 0 Å². The first kappa shape index (κ1) is 19.2. The second kappa shape index (κ2) is 8.13. The number of aryl methyl sites for hydroxylation is 1. The first-order chi connectivity index (χ1) is 10.2. The summed E-state index contributed by atoms with van der Waals surface area (Å²) in [6.07, 6.45) is 4.55. The Morgan fingerprint density at radius 2 is 1.95 bits per heavy atom. The zero-order chi connectivity index (χ0) is 16.9. The van der Waals surface area contributed by atoms with Crippen LogP contribution in [0.15, 0.2) is 17.0 Å². The Kier molecular flexibility index (Phi) is 7.09. The van der Waals surface area contributed by atoms with Gasteiger partial charge in [-0.05, 0) is 42.6 Å². The monoisotopic (exact) mass is 363 g/mol. The fourth-order valence-corrected chi connectivity index (χ4v) is 4.13. The number of unbranched alkanes of at least 4 members (excludes halogenated alkanes) is 2. The van der Waals surface area contributed by atoms with Crippen molar-refractivity contribution >= 4 is 38.3 Å².